The third kappa shape index (κ3) is 5.35. The number of pyridine rings is 1. The van der Waals surface area contributed by atoms with Crippen molar-refractivity contribution in [3.63, 3.8) is 0 Å². The molecule has 1 fully saturated rings. The van der Waals surface area contributed by atoms with Crippen LogP contribution in [0, 0.1) is 5.95 Å². The van der Waals surface area contributed by atoms with Gasteiger partial charge >= 0.3 is 6.18 Å². The van der Waals surface area contributed by atoms with Crippen LogP contribution in [0.15, 0.2) is 54.6 Å². The molecule has 0 saturated carbocycles. The SMILES string of the molecule is NCc1ccc(NC(=O)c2cccc(C(F)(F)F)c2)cc1-c1cc(F)nc(N2CCOCC2)c1. The molecule has 0 atom stereocenters. The number of anilines is 2. The number of morpholine rings is 1. The molecule has 178 valence electrons. The first-order valence-corrected chi connectivity index (χ1v) is 10.6. The van der Waals surface area contributed by atoms with Gasteiger partial charge in [-0.05, 0) is 53.1 Å². The van der Waals surface area contributed by atoms with E-state index in [2.05, 4.69) is 10.3 Å². The van der Waals surface area contributed by atoms with Crippen molar-refractivity contribution in [1.82, 2.24) is 4.98 Å². The van der Waals surface area contributed by atoms with Crippen LogP contribution in [0.2, 0.25) is 0 Å². The van der Waals surface area contributed by atoms with Gasteiger partial charge in [-0.15, -0.1) is 0 Å². The lowest BCUT2D eigenvalue weighted by atomic mass is 9.99. The molecule has 1 aromatic heterocycles. The molecule has 3 aromatic rings. The first-order valence-electron chi connectivity index (χ1n) is 10.6. The van der Waals surface area contributed by atoms with Crippen molar-refractivity contribution in [3.8, 4) is 11.1 Å². The van der Waals surface area contributed by atoms with Crippen LogP contribution in [0.1, 0.15) is 21.5 Å². The summed E-state index contributed by atoms with van der Waals surface area (Å²) in [5.74, 6) is -0.910. The van der Waals surface area contributed by atoms with Crippen molar-refractivity contribution in [1.29, 1.82) is 0 Å². The van der Waals surface area contributed by atoms with E-state index in [4.69, 9.17) is 10.5 Å². The average molecular weight is 474 g/mol. The maximum atomic E-state index is 14.4. The Bertz CT molecular complexity index is 1190. The number of nitrogens with zero attached hydrogens (tertiary/aromatic N) is 2. The van der Waals surface area contributed by atoms with Gasteiger partial charge < -0.3 is 20.7 Å². The molecule has 0 unspecified atom stereocenters. The second kappa shape index (κ2) is 9.78. The largest absolute Gasteiger partial charge is 0.416 e. The number of carbonyl (C=O) groups excluding carboxylic acids is 1. The second-order valence-corrected chi connectivity index (χ2v) is 7.74. The molecule has 0 spiro atoms. The third-order valence-electron chi connectivity index (χ3n) is 5.47. The maximum absolute atomic E-state index is 14.4. The van der Waals surface area contributed by atoms with Gasteiger partial charge in [0, 0.05) is 37.0 Å². The molecule has 1 amide bonds. The van der Waals surface area contributed by atoms with Gasteiger partial charge in [-0.3, -0.25) is 4.79 Å². The first kappa shape index (κ1) is 23.7. The average Bonchev–Trinajstić information content (AvgIpc) is 2.83. The van der Waals surface area contributed by atoms with Crippen LogP contribution < -0.4 is 16.0 Å². The Kier molecular flexibility index (Phi) is 6.80. The normalized spacial score (nSPS) is 14.2. The summed E-state index contributed by atoms with van der Waals surface area (Å²) in [5, 5.41) is 2.61. The number of alkyl halides is 3. The van der Waals surface area contributed by atoms with Gasteiger partial charge in [0.2, 0.25) is 5.95 Å². The molecule has 0 bridgehead atoms. The predicted octanol–water partition coefficient (Wildman–Crippen LogP) is 4.45. The molecule has 1 aliphatic rings. The highest BCUT2D eigenvalue weighted by molar-refractivity contribution is 6.04. The van der Waals surface area contributed by atoms with E-state index in [1.165, 1.54) is 18.2 Å². The number of nitrogens with two attached hydrogens (primary N) is 1. The molecule has 0 aliphatic carbocycles. The number of amides is 1. The van der Waals surface area contributed by atoms with Crippen LogP contribution in [-0.4, -0.2) is 37.2 Å². The van der Waals surface area contributed by atoms with Crippen molar-refractivity contribution in [2.24, 2.45) is 5.73 Å². The lowest BCUT2D eigenvalue weighted by molar-refractivity contribution is -0.137. The van der Waals surface area contributed by atoms with E-state index in [0.29, 0.717) is 54.5 Å². The number of ether oxygens (including phenoxy) is 1. The molecule has 6 nitrogen and oxygen atoms in total. The maximum Gasteiger partial charge on any atom is 0.416 e. The van der Waals surface area contributed by atoms with E-state index in [1.807, 2.05) is 4.90 Å². The topological polar surface area (TPSA) is 80.5 Å². The van der Waals surface area contributed by atoms with Gasteiger partial charge in [0.15, 0.2) is 0 Å². The van der Waals surface area contributed by atoms with Crippen molar-refractivity contribution >= 4 is 17.4 Å². The molecule has 10 heteroatoms. The van der Waals surface area contributed by atoms with E-state index in [1.54, 1.807) is 24.3 Å². The summed E-state index contributed by atoms with van der Waals surface area (Å²) in [6, 6.07) is 12.1. The van der Waals surface area contributed by atoms with Gasteiger partial charge in [0.1, 0.15) is 5.82 Å². The zero-order chi connectivity index (χ0) is 24.3. The smallest absolute Gasteiger partial charge is 0.378 e. The standard InChI is InChI=1S/C24H22F4N4O2/c25-21-11-17(12-22(31-21)32-6-8-34-9-7-32)20-13-19(5-4-16(20)14-29)30-23(33)15-2-1-3-18(10-15)24(26,27)28/h1-5,10-13H,6-9,14,29H2,(H,30,33). The first-order chi connectivity index (χ1) is 16.2. The molecule has 3 N–H and O–H groups in total. The summed E-state index contributed by atoms with van der Waals surface area (Å²) in [6.07, 6.45) is -4.56. The van der Waals surface area contributed by atoms with Gasteiger partial charge in [0.05, 0.1) is 18.8 Å². The highest BCUT2D eigenvalue weighted by Gasteiger charge is 2.31. The zero-order valence-electron chi connectivity index (χ0n) is 18.0. The molecular formula is C24H22F4N4O2. The molecule has 1 saturated heterocycles. The Balaban J connectivity index is 1.64. The summed E-state index contributed by atoms with van der Waals surface area (Å²) in [4.78, 5) is 18.5. The molecule has 0 radical (unpaired) electrons. The third-order valence-corrected chi connectivity index (χ3v) is 5.47. The van der Waals surface area contributed by atoms with E-state index in [0.717, 1.165) is 12.1 Å². The number of benzene rings is 2. The molecule has 2 aromatic carbocycles. The monoisotopic (exact) mass is 474 g/mol. The van der Waals surface area contributed by atoms with Gasteiger partial charge in [-0.1, -0.05) is 12.1 Å². The Morgan fingerprint density at radius 1 is 1.09 bits per heavy atom. The lowest BCUT2D eigenvalue weighted by Crippen LogP contribution is -2.36. The van der Waals surface area contributed by atoms with E-state index >= 15 is 0 Å². The Labute approximate surface area is 193 Å². The van der Waals surface area contributed by atoms with Crippen LogP contribution >= 0.6 is 0 Å². The number of halogens is 4. The van der Waals surface area contributed by atoms with Crippen LogP contribution in [-0.2, 0) is 17.5 Å². The minimum absolute atomic E-state index is 0.135. The molecule has 34 heavy (non-hydrogen) atoms. The zero-order valence-corrected chi connectivity index (χ0v) is 18.0. The van der Waals surface area contributed by atoms with Gasteiger partial charge in [-0.25, -0.2) is 4.98 Å². The van der Waals surface area contributed by atoms with Gasteiger partial charge in [0.25, 0.3) is 5.91 Å². The highest BCUT2D eigenvalue weighted by Crippen LogP contribution is 2.32. The summed E-state index contributed by atoms with van der Waals surface area (Å²) in [6.45, 7) is 2.34. The Morgan fingerprint density at radius 3 is 2.56 bits per heavy atom. The highest BCUT2D eigenvalue weighted by atomic mass is 19.4. The minimum Gasteiger partial charge on any atom is -0.378 e. The minimum atomic E-state index is -4.56. The fourth-order valence-corrected chi connectivity index (χ4v) is 3.73. The number of hydrogen-bond donors (Lipinski definition) is 2. The number of nitrogens with one attached hydrogen (secondary N) is 1. The molecule has 1 aliphatic heterocycles. The fourth-order valence-electron chi connectivity index (χ4n) is 3.73. The fraction of sp³-hybridized carbons (Fsp3) is 0.250. The van der Waals surface area contributed by atoms with Crippen LogP contribution in [0.3, 0.4) is 0 Å². The van der Waals surface area contributed by atoms with Crippen molar-refractivity contribution in [2.75, 3.05) is 36.5 Å². The molecule has 4 rings (SSSR count). The quantitative estimate of drug-likeness (QED) is 0.422. The lowest BCUT2D eigenvalue weighted by Gasteiger charge is -2.28. The van der Waals surface area contributed by atoms with Crippen LogP contribution in [0.5, 0.6) is 0 Å². The number of aromatic nitrogens is 1. The summed E-state index contributed by atoms with van der Waals surface area (Å²) in [5.41, 5.74) is 6.97. The van der Waals surface area contributed by atoms with Crippen molar-refractivity contribution in [2.45, 2.75) is 12.7 Å². The molecule has 2 heterocycles. The number of carbonyl (C=O) groups is 1. The Morgan fingerprint density at radius 2 is 1.85 bits per heavy atom. The van der Waals surface area contributed by atoms with Crippen molar-refractivity contribution in [3.05, 3.63) is 77.2 Å². The van der Waals surface area contributed by atoms with Crippen molar-refractivity contribution < 1.29 is 27.1 Å². The summed E-state index contributed by atoms with van der Waals surface area (Å²) >= 11 is 0. The van der Waals surface area contributed by atoms with E-state index < -0.39 is 23.6 Å². The Hall–Kier alpha value is -3.50. The second-order valence-electron chi connectivity index (χ2n) is 7.74. The van der Waals surface area contributed by atoms with E-state index in [-0.39, 0.29) is 12.1 Å². The number of hydrogen-bond acceptors (Lipinski definition) is 5. The summed E-state index contributed by atoms with van der Waals surface area (Å²) in [7, 11) is 0. The summed E-state index contributed by atoms with van der Waals surface area (Å²) < 4.78 is 58.7. The predicted molar refractivity (Wildman–Crippen MR) is 120 cm³/mol. The van der Waals surface area contributed by atoms with Gasteiger partial charge in [-0.2, -0.15) is 17.6 Å². The number of rotatable bonds is 5. The molecular weight excluding hydrogens is 452 g/mol. The van der Waals surface area contributed by atoms with E-state index in [9.17, 15) is 22.4 Å². The van der Waals surface area contributed by atoms with Crippen LogP contribution in [0.25, 0.3) is 11.1 Å². The van der Waals surface area contributed by atoms with Crippen LogP contribution in [0.4, 0.5) is 29.1 Å².